The van der Waals surface area contributed by atoms with Gasteiger partial charge in [-0.1, -0.05) is 11.3 Å². The molecule has 0 radical (unpaired) electrons. The van der Waals surface area contributed by atoms with Gasteiger partial charge in [0.1, 0.15) is 0 Å². The van der Waals surface area contributed by atoms with Gasteiger partial charge in [0.05, 0.1) is 11.0 Å². The molecule has 1 rings (SSSR count). The third kappa shape index (κ3) is 3.12. The smallest absolute Gasteiger partial charge is 0.324 e. The van der Waals surface area contributed by atoms with Crippen LogP contribution in [0.3, 0.4) is 0 Å². The molecule has 1 atom stereocenters. The maximum Gasteiger partial charge on any atom is 0.324 e. The highest BCUT2D eigenvalue weighted by Crippen LogP contribution is 2.24. The molecule has 1 heterocycles. The summed E-state index contributed by atoms with van der Waals surface area (Å²) in [5.74, 6) is 0. The van der Waals surface area contributed by atoms with E-state index in [4.69, 9.17) is 5.11 Å². The second-order valence-corrected chi connectivity index (χ2v) is 4.03. The topological polar surface area (TPSA) is 63.4 Å². The average Bonchev–Trinajstić information content (AvgIpc) is 2.48. The Labute approximate surface area is 80.0 Å². The molecule has 1 aromatic rings. The molecule has 72 valence electrons. The van der Waals surface area contributed by atoms with Crippen LogP contribution in [0.2, 0.25) is 0 Å². The number of hydrogen-bond acceptors (Lipinski definition) is 4. The summed E-state index contributed by atoms with van der Waals surface area (Å²) in [6, 6.07) is 3.24. The van der Waals surface area contributed by atoms with Crippen molar-refractivity contribution in [1.82, 2.24) is 0 Å². The normalized spacial score (nSPS) is 12.8. The van der Waals surface area contributed by atoms with Crippen molar-refractivity contribution >= 4 is 16.3 Å². The minimum Gasteiger partial charge on any atom is -0.393 e. The van der Waals surface area contributed by atoms with Crippen LogP contribution in [0.15, 0.2) is 12.1 Å². The molecule has 0 saturated carbocycles. The molecule has 0 unspecified atom stereocenters. The molecule has 13 heavy (non-hydrogen) atoms. The number of nitrogens with zero attached hydrogens (tertiary/aromatic N) is 1. The fraction of sp³-hybridized carbons (Fsp3) is 0.500. The Hall–Kier alpha value is -0.940. The first-order chi connectivity index (χ1) is 6.09. The number of aliphatic hydroxyl groups is 1. The van der Waals surface area contributed by atoms with E-state index in [1.807, 2.05) is 0 Å². The molecule has 0 amide bonds. The van der Waals surface area contributed by atoms with Crippen LogP contribution in [-0.4, -0.2) is 16.1 Å². The summed E-state index contributed by atoms with van der Waals surface area (Å²) in [5, 5.41) is 19.5. The van der Waals surface area contributed by atoms with Gasteiger partial charge in [0.15, 0.2) is 0 Å². The molecule has 0 aromatic carbocycles. The molecule has 0 saturated heterocycles. The molecule has 0 aliphatic carbocycles. The van der Waals surface area contributed by atoms with Gasteiger partial charge in [0.25, 0.3) is 0 Å². The van der Waals surface area contributed by atoms with E-state index in [0.29, 0.717) is 12.8 Å². The van der Waals surface area contributed by atoms with Gasteiger partial charge in [-0.15, -0.1) is 0 Å². The highest BCUT2D eigenvalue weighted by atomic mass is 32.1. The predicted molar refractivity (Wildman–Crippen MR) is 51.0 cm³/mol. The van der Waals surface area contributed by atoms with E-state index in [-0.39, 0.29) is 11.1 Å². The first-order valence-corrected chi connectivity index (χ1v) is 4.82. The molecular formula is C8H11NO3S. The molecule has 0 spiro atoms. The maximum atomic E-state index is 10.3. The number of rotatable bonds is 4. The summed E-state index contributed by atoms with van der Waals surface area (Å²) >= 11 is 1.17. The number of nitro groups is 1. The van der Waals surface area contributed by atoms with Crippen molar-refractivity contribution in [3.63, 3.8) is 0 Å². The third-order valence-electron chi connectivity index (χ3n) is 1.64. The Morgan fingerprint density at radius 3 is 2.85 bits per heavy atom. The van der Waals surface area contributed by atoms with E-state index in [9.17, 15) is 10.1 Å². The van der Waals surface area contributed by atoms with Crippen molar-refractivity contribution < 1.29 is 10.0 Å². The number of aryl methyl sites for hydroxylation is 1. The fourth-order valence-electron chi connectivity index (χ4n) is 0.950. The van der Waals surface area contributed by atoms with Gasteiger partial charge >= 0.3 is 5.00 Å². The Balaban J connectivity index is 2.54. The Kier molecular flexibility index (Phi) is 3.39. The SMILES string of the molecule is C[C@@H](O)CCc1ccc([N+](=O)[O-])s1. The van der Waals surface area contributed by atoms with E-state index in [2.05, 4.69) is 0 Å². The highest BCUT2D eigenvalue weighted by Gasteiger charge is 2.09. The van der Waals surface area contributed by atoms with Crippen molar-refractivity contribution in [1.29, 1.82) is 0 Å². The summed E-state index contributed by atoms with van der Waals surface area (Å²) in [6.45, 7) is 1.71. The van der Waals surface area contributed by atoms with Gasteiger partial charge in [0.2, 0.25) is 0 Å². The van der Waals surface area contributed by atoms with Crippen LogP contribution in [0.5, 0.6) is 0 Å². The van der Waals surface area contributed by atoms with Crippen LogP contribution >= 0.6 is 11.3 Å². The van der Waals surface area contributed by atoms with Gasteiger partial charge in [-0.2, -0.15) is 0 Å². The van der Waals surface area contributed by atoms with Gasteiger partial charge in [-0.25, -0.2) is 0 Å². The van der Waals surface area contributed by atoms with Crippen LogP contribution in [0.25, 0.3) is 0 Å². The molecule has 0 bridgehead atoms. The summed E-state index contributed by atoms with van der Waals surface area (Å²) < 4.78 is 0. The van der Waals surface area contributed by atoms with Gasteiger partial charge in [-0.3, -0.25) is 10.1 Å². The van der Waals surface area contributed by atoms with E-state index in [0.717, 1.165) is 4.88 Å². The lowest BCUT2D eigenvalue weighted by molar-refractivity contribution is -0.380. The summed E-state index contributed by atoms with van der Waals surface area (Å²) in [6.07, 6.45) is 1.01. The van der Waals surface area contributed by atoms with Crippen LogP contribution in [0, 0.1) is 10.1 Å². The zero-order chi connectivity index (χ0) is 9.84. The second-order valence-electron chi connectivity index (χ2n) is 2.88. The molecule has 0 aliphatic rings. The zero-order valence-corrected chi connectivity index (χ0v) is 8.08. The lowest BCUT2D eigenvalue weighted by Crippen LogP contribution is -1.99. The number of thiophene rings is 1. The lowest BCUT2D eigenvalue weighted by atomic mass is 10.2. The van der Waals surface area contributed by atoms with Gasteiger partial charge in [-0.05, 0) is 25.8 Å². The Bertz CT molecular complexity index is 295. The molecule has 1 aromatic heterocycles. The van der Waals surface area contributed by atoms with Crippen molar-refractivity contribution in [3.8, 4) is 0 Å². The molecule has 4 nitrogen and oxygen atoms in total. The largest absolute Gasteiger partial charge is 0.393 e. The van der Waals surface area contributed by atoms with Crippen molar-refractivity contribution in [3.05, 3.63) is 27.1 Å². The third-order valence-corrected chi connectivity index (χ3v) is 2.73. The first-order valence-electron chi connectivity index (χ1n) is 4.01. The van der Waals surface area contributed by atoms with Crippen molar-refractivity contribution in [2.45, 2.75) is 25.9 Å². The highest BCUT2D eigenvalue weighted by molar-refractivity contribution is 7.15. The van der Waals surface area contributed by atoms with Gasteiger partial charge in [0, 0.05) is 10.9 Å². The monoisotopic (exact) mass is 201 g/mol. The van der Waals surface area contributed by atoms with Crippen LogP contribution in [-0.2, 0) is 6.42 Å². The van der Waals surface area contributed by atoms with Gasteiger partial charge < -0.3 is 5.11 Å². The lowest BCUT2D eigenvalue weighted by Gasteiger charge is -1.99. The summed E-state index contributed by atoms with van der Waals surface area (Å²) in [5.41, 5.74) is 0. The Morgan fingerprint density at radius 1 is 1.69 bits per heavy atom. The van der Waals surface area contributed by atoms with E-state index in [1.54, 1.807) is 13.0 Å². The number of hydrogen-bond donors (Lipinski definition) is 1. The average molecular weight is 201 g/mol. The molecule has 1 N–H and O–H groups in total. The molecule has 0 aliphatic heterocycles. The summed E-state index contributed by atoms with van der Waals surface area (Å²) in [7, 11) is 0. The first kappa shape index (κ1) is 10.1. The fourth-order valence-corrected chi connectivity index (χ4v) is 1.79. The van der Waals surface area contributed by atoms with Crippen molar-refractivity contribution in [2.24, 2.45) is 0 Å². The van der Waals surface area contributed by atoms with Crippen molar-refractivity contribution in [2.75, 3.05) is 0 Å². The molecule has 0 fully saturated rings. The van der Waals surface area contributed by atoms with E-state index >= 15 is 0 Å². The summed E-state index contributed by atoms with van der Waals surface area (Å²) in [4.78, 5) is 10.9. The molecular weight excluding hydrogens is 190 g/mol. The molecule has 5 heteroatoms. The minimum atomic E-state index is -0.392. The minimum absolute atomic E-state index is 0.167. The Morgan fingerprint density at radius 2 is 2.38 bits per heavy atom. The standard InChI is InChI=1S/C8H11NO3S/c1-6(10)2-3-7-4-5-8(13-7)9(11)12/h4-6,10H,2-3H2,1H3/t6-/m1/s1. The second kappa shape index (κ2) is 4.34. The maximum absolute atomic E-state index is 10.3. The van der Waals surface area contributed by atoms with E-state index in [1.165, 1.54) is 17.4 Å². The number of aliphatic hydroxyl groups excluding tert-OH is 1. The van der Waals surface area contributed by atoms with Crippen LogP contribution < -0.4 is 0 Å². The zero-order valence-electron chi connectivity index (χ0n) is 7.27. The van der Waals surface area contributed by atoms with Crippen LogP contribution in [0.1, 0.15) is 18.2 Å². The van der Waals surface area contributed by atoms with Crippen LogP contribution in [0.4, 0.5) is 5.00 Å². The predicted octanol–water partition coefficient (Wildman–Crippen LogP) is 1.97. The van der Waals surface area contributed by atoms with E-state index < -0.39 is 4.92 Å². The quantitative estimate of drug-likeness (QED) is 0.598.